The zero-order chi connectivity index (χ0) is 13.2. The van der Waals surface area contributed by atoms with E-state index in [1.165, 1.54) is 71.2 Å². The second-order valence-corrected chi connectivity index (χ2v) is 5.96. The molecule has 1 N–H and O–H groups in total. The molecule has 1 saturated heterocycles. The van der Waals surface area contributed by atoms with E-state index in [0.717, 1.165) is 6.04 Å². The SMILES string of the molecule is CCCN(CCN(C)C)CC1CCCCCCN1. The number of likely N-dealkylation sites (N-methyl/N-ethyl adjacent to an activating group) is 1. The van der Waals surface area contributed by atoms with E-state index < -0.39 is 0 Å². The first-order valence-corrected chi connectivity index (χ1v) is 7.83. The van der Waals surface area contributed by atoms with Gasteiger partial charge >= 0.3 is 0 Å². The van der Waals surface area contributed by atoms with Crippen molar-refractivity contribution >= 4 is 0 Å². The Morgan fingerprint density at radius 2 is 1.78 bits per heavy atom. The lowest BCUT2D eigenvalue weighted by atomic mass is 10.0. The van der Waals surface area contributed by atoms with Gasteiger partial charge in [-0.2, -0.15) is 0 Å². The van der Waals surface area contributed by atoms with Gasteiger partial charge in [0, 0.05) is 25.7 Å². The molecule has 0 spiro atoms. The predicted molar refractivity (Wildman–Crippen MR) is 80.2 cm³/mol. The van der Waals surface area contributed by atoms with Crippen molar-refractivity contribution in [2.45, 2.75) is 51.5 Å². The van der Waals surface area contributed by atoms with Gasteiger partial charge in [0.1, 0.15) is 0 Å². The molecule has 1 unspecified atom stereocenters. The second-order valence-electron chi connectivity index (χ2n) is 5.96. The molecule has 0 aromatic carbocycles. The molecule has 18 heavy (non-hydrogen) atoms. The first kappa shape index (κ1) is 15.9. The first-order valence-electron chi connectivity index (χ1n) is 7.83. The zero-order valence-electron chi connectivity index (χ0n) is 12.7. The molecule has 1 aliphatic rings. The van der Waals surface area contributed by atoms with Crippen molar-refractivity contribution in [3.63, 3.8) is 0 Å². The van der Waals surface area contributed by atoms with Gasteiger partial charge in [0.15, 0.2) is 0 Å². The third-order valence-electron chi connectivity index (χ3n) is 3.79. The fourth-order valence-corrected chi connectivity index (χ4v) is 2.70. The van der Waals surface area contributed by atoms with Crippen LogP contribution in [0.1, 0.15) is 45.4 Å². The average Bonchev–Trinajstić information content (AvgIpc) is 2.29. The molecule has 0 saturated carbocycles. The molecule has 0 bridgehead atoms. The van der Waals surface area contributed by atoms with Crippen LogP contribution in [0.3, 0.4) is 0 Å². The molecule has 108 valence electrons. The molecule has 0 aliphatic carbocycles. The summed E-state index contributed by atoms with van der Waals surface area (Å²) in [6.45, 7) is 8.37. The smallest absolute Gasteiger partial charge is 0.0195 e. The fourth-order valence-electron chi connectivity index (χ4n) is 2.70. The minimum Gasteiger partial charge on any atom is -0.313 e. The quantitative estimate of drug-likeness (QED) is 0.752. The van der Waals surface area contributed by atoms with Crippen molar-refractivity contribution in [2.75, 3.05) is 46.8 Å². The largest absolute Gasteiger partial charge is 0.313 e. The summed E-state index contributed by atoms with van der Waals surface area (Å²) >= 11 is 0. The third-order valence-corrected chi connectivity index (χ3v) is 3.79. The van der Waals surface area contributed by atoms with E-state index in [4.69, 9.17) is 0 Å². The summed E-state index contributed by atoms with van der Waals surface area (Å²) in [6, 6.07) is 0.721. The van der Waals surface area contributed by atoms with Crippen molar-refractivity contribution in [3.05, 3.63) is 0 Å². The fraction of sp³-hybridized carbons (Fsp3) is 1.00. The zero-order valence-corrected chi connectivity index (χ0v) is 12.7. The van der Waals surface area contributed by atoms with Crippen LogP contribution in [0, 0.1) is 0 Å². The van der Waals surface area contributed by atoms with Gasteiger partial charge in [-0.3, -0.25) is 0 Å². The Balaban J connectivity index is 2.31. The van der Waals surface area contributed by atoms with Crippen molar-refractivity contribution in [2.24, 2.45) is 0 Å². The summed E-state index contributed by atoms with van der Waals surface area (Å²) in [5, 5.41) is 3.74. The molecule has 0 aromatic rings. The molecule has 1 fully saturated rings. The molecular formula is C15H33N3. The summed E-state index contributed by atoms with van der Waals surface area (Å²) in [7, 11) is 4.33. The van der Waals surface area contributed by atoms with E-state index in [1.807, 2.05) is 0 Å². The highest BCUT2D eigenvalue weighted by Gasteiger charge is 2.14. The summed E-state index contributed by atoms with van der Waals surface area (Å²) in [4.78, 5) is 4.92. The maximum atomic E-state index is 3.74. The first-order chi connectivity index (χ1) is 8.72. The maximum Gasteiger partial charge on any atom is 0.0195 e. The molecule has 1 rings (SSSR count). The van der Waals surface area contributed by atoms with Crippen LogP contribution in [0.2, 0.25) is 0 Å². The van der Waals surface area contributed by atoms with Crippen LogP contribution in [0.4, 0.5) is 0 Å². The lowest BCUT2D eigenvalue weighted by Crippen LogP contribution is -2.44. The topological polar surface area (TPSA) is 18.5 Å². The van der Waals surface area contributed by atoms with Crippen molar-refractivity contribution < 1.29 is 0 Å². The van der Waals surface area contributed by atoms with E-state index in [2.05, 4.69) is 36.1 Å². The molecular weight excluding hydrogens is 222 g/mol. The highest BCUT2D eigenvalue weighted by Crippen LogP contribution is 2.10. The molecule has 1 atom stereocenters. The van der Waals surface area contributed by atoms with Gasteiger partial charge in [0.05, 0.1) is 0 Å². The number of nitrogens with zero attached hydrogens (tertiary/aromatic N) is 2. The van der Waals surface area contributed by atoms with Crippen LogP contribution in [0.25, 0.3) is 0 Å². The lowest BCUT2D eigenvalue weighted by molar-refractivity contribution is 0.209. The van der Waals surface area contributed by atoms with Crippen LogP contribution in [-0.4, -0.2) is 62.7 Å². The summed E-state index contributed by atoms with van der Waals surface area (Å²) in [5.74, 6) is 0. The average molecular weight is 255 g/mol. The van der Waals surface area contributed by atoms with Gasteiger partial charge in [-0.1, -0.05) is 26.2 Å². The number of hydrogen-bond donors (Lipinski definition) is 1. The van der Waals surface area contributed by atoms with Gasteiger partial charge in [-0.25, -0.2) is 0 Å². The molecule has 1 aliphatic heterocycles. The second kappa shape index (κ2) is 9.76. The molecule has 1 heterocycles. The Morgan fingerprint density at radius 1 is 1.00 bits per heavy atom. The van der Waals surface area contributed by atoms with E-state index in [1.54, 1.807) is 0 Å². The molecule has 3 nitrogen and oxygen atoms in total. The highest BCUT2D eigenvalue weighted by atomic mass is 15.2. The third kappa shape index (κ3) is 7.34. The number of hydrogen-bond acceptors (Lipinski definition) is 3. The van der Waals surface area contributed by atoms with Crippen LogP contribution in [-0.2, 0) is 0 Å². The van der Waals surface area contributed by atoms with E-state index in [-0.39, 0.29) is 0 Å². The van der Waals surface area contributed by atoms with Crippen LogP contribution >= 0.6 is 0 Å². The Labute approximate surface area is 114 Å². The number of rotatable bonds is 7. The van der Waals surface area contributed by atoms with Crippen LogP contribution in [0.5, 0.6) is 0 Å². The lowest BCUT2D eigenvalue weighted by Gasteiger charge is -2.30. The van der Waals surface area contributed by atoms with E-state index >= 15 is 0 Å². The van der Waals surface area contributed by atoms with Crippen LogP contribution < -0.4 is 5.32 Å². The Bertz CT molecular complexity index is 186. The molecule has 0 radical (unpaired) electrons. The highest BCUT2D eigenvalue weighted by molar-refractivity contribution is 4.74. The Kier molecular flexibility index (Phi) is 8.64. The minimum absolute atomic E-state index is 0.721. The number of nitrogens with one attached hydrogen (secondary N) is 1. The Hall–Kier alpha value is -0.120. The molecule has 0 amide bonds. The maximum absolute atomic E-state index is 3.74. The molecule has 3 heteroatoms. The van der Waals surface area contributed by atoms with Gasteiger partial charge < -0.3 is 15.1 Å². The van der Waals surface area contributed by atoms with Crippen molar-refractivity contribution in [1.29, 1.82) is 0 Å². The summed E-state index contributed by atoms with van der Waals surface area (Å²) in [5.41, 5.74) is 0. The Morgan fingerprint density at radius 3 is 2.50 bits per heavy atom. The van der Waals surface area contributed by atoms with Crippen molar-refractivity contribution in [3.8, 4) is 0 Å². The normalized spacial score (nSPS) is 22.2. The van der Waals surface area contributed by atoms with Gasteiger partial charge in [-0.05, 0) is 46.4 Å². The van der Waals surface area contributed by atoms with E-state index in [0.29, 0.717) is 0 Å². The van der Waals surface area contributed by atoms with Crippen molar-refractivity contribution in [1.82, 2.24) is 15.1 Å². The standard InChI is InChI=1S/C15H33N3/c1-4-11-18(13-12-17(2)3)14-15-9-7-5-6-8-10-16-15/h15-16H,4-14H2,1-3H3. The van der Waals surface area contributed by atoms with Crippen LogP contribution in [0.15, 0.2) is 0 Å². The molecule has 0 aromatic heterocycles. The minimum atomic E-state index is 0.721. The van der Waals surface area contributed by atoms with E-state index in [9.17, 15) is 0 Å². The van der Waals surface area contributed by atoms with Gasteiger partial charge in [0.25, 0.3) is 0 Å². The monoisotopic (exact) mass is 255 g/mol. The van der Waals surface area contributed by atoms with Gasteiger partial charge in [0.2, 0.25) is 0 Å². The predicted octanol–water partition coefficient (Wildman–Crippen LogP) is 2.18. The summed E-state index contributed by atoms with van der Waals surface area (Å²) < 4.78 is 0. The summed E-state index contributed by atoms with van der Waals surface area (Å²) in [6.07, 6.45) is 8.25. The van der Waals surface area contributed by atoms with Gasteiger partial charge in [-0.15, -0.1) is 0 Å².